The molecule has 0 unspecified atom stereocenters. The number of amides is 1. The second-order valence-electron chi connectivity index (χ2n) is 3.13. The lowest BCUT2D eigenvalue weighted by Gasteiger charge is -2.06. The third kappa shape index (κ3) is 4.00. The largest absolute Gasteiger partial charge is 0.478 e. The third-order valence-electron chi connectivity index (χ3n) is 1.80. The van der Waals surface area contributed by atoms with Gasteiger partial charge < -0.3 is 10.4 Å². The van der Waals surface area contributed by atoms with E-state index in [1.807, 2.05) is 0 Å². The van der Waals surface area contributed by atoms with Crippen LogP contribution in [0.15, 0.2) is 41.3 Å². The molecule has 0 atom stereocenters. The van der Waals surface area contributed by atoms with Gasteiger partial charge in [0.05, 0.1) is 5.69 Å². The lowest BCUT2D eigenvalue weighted by Crippen LogP contribution is -2.12. The van der Waals surface area contributed by atoms with Gasteiger partial charge in [-0.2, -0.15) is 8.42 Å². The van der Waals surface area contributed by atoms with E-state index in [1.54, 1.807) is 0 Å². The first-order valence-electron chi connectivity index (χ1n) is 4.59. The van der Waals surface area contributed by atoms with Gasteiger partial charge in [0.1, 0.15) is 4.90 Å². The molecule has 1 aromatic carbocycles. The summed E-state index contributed by atoms with van der Waals surface area (Å²) in [6.07, 6.45) is 1.33. The smallest absolute Gasteiger partial charge is 0.328 e. The molecule has 0 heterocycles. The summed E-state index contributed by atoms with van der Waals surface area (Å²) in [6, 6.07) is 5.18. The number of carboxylic acid groups (broad SMARTS) is 1. The molecule has 0 saturated heterocycles. The summed E-state index contributed by atoms with van der Waals surface area (Å²) >= 11 is 0. The highest BCUT2D eigenvalue weighted by molar-refractivity contribution is 7.86. The van der Waals surface area contributed by atoms with Gasteiger partial charge >= 0.3 is 5.97 Å². The molecule has 7 nitrogen and oxygen atoms in total. The Morgan fingerprint density at radius 2 is 1.78 bits per heavy atom. The van der Waals surface area contributed by atoms with E-state index in [0.29, 0.717) is 6.08 Å². The Hall–Kier alpha value is -2.19. The normalized spacial score (nSPS) is 11.4. The van der Waals surface area contributed by atoms with E-state index in [1.165, 1.54) is 18.2 Å². The standard InChI is InChI=1S/C10H9NO6S/c12-9(5-6-10(13)14)11-7-3-1-2-4-8(7)18(15,16)17/h1-6H,(H,11,12)(H,13,14)(H,15,16,17). The highest BCUT2D eigenvalue weighted by Crippen LogP contribution is 2.20. The van der Waals surface area contributed by atoms with E-state index in [2.05, 4.69) is 5.32 Å². The molecule has 18 heavy (non-hydrogen) atoms. The zero-order valence-corrected chi connectivity index (χ0v) is 9.72. The van der Waals surface area contributed by atoms with Crippen LogP contribution in [0.25, 0.3) is 0 Å². The van der Waals surface area contributed by atoms with E-state index in [0.717, 1.165) is 12.1 Å². The molecule has 0 aliphatic heterocycles. The summed E-state index contributed by atoms with van der Waals surface area (Å²) in [7, 11) is -4.47. The number of para-hydroxylation sites is 1. The van der Waals surface area contributed by atoms with Crippen LogP contribution >= 0.6 is 0 Å². The van der Waals surface area contributed by atoms with Crippen LogP contribution in [0.2, 0.25) is 0 Å². The minimum absolute atomic E-state index is 0.139. The van der Waals surface area contributed by atoms with Crippen molar-refractivity contribution >= 4 is 27.7 Å². The van der Waals surface area contributed by atoms with Gasteiger partial charge in [-0.3, -0.25) is 9.35 Å². The average Bonchev–Trinajstić information content (AvgIpc) is 2.25. The monoisotopic (exact) mass is 271 g/mol. The molecule has 1 amide bonds. The van der Waals surface area contributed by atoms with Gasteiger partial charge in [0, 0.05) is 12.2 Å². The Bertz CT molecular complexity index is 605. The summed E-state index contributed by atoms with van der Waals surface area (Å²) in [4.78, 5) is 21.0. The molecule has 0 spiro atoms. The van der Waals surface area contributed by atoms with Crippen molar-refractivity contribution in [1.29, 1.82) is 0 Å². The number of anilines is 1. The van der Waals surface area contributed by atoms with Crippen molar-refractivity contribution in [3.8, 4) is 0 Å². The maximum atomic E-state index is 11.3. The minimum Gasteiger partial charge on any atom is -0.478 e. The highest BCUT2D eigenvalue weighted by atomic mass is 32.2. The van der Waals surface area contributed by atoms with Crippen molar-refractivity contribution < 1.29 is 27.7 Å². The van der Waals surface area contributed by atoms with Crippen LogP contribution < -0.4 is 5.32 Å². The summed E-state index contributed by atoms with van der Waals surface area (Å²) in [5.41, 5.74) is -0.139. The quantitative estimate of drug-likeness (QED) is 0.542. The number of carbonyl (C=O) groups is 2. The number of hydrogen-bond donors (Lipinski definition) is 3. The van der Waals surface area contributed by atoms with Gasteiger partial charge in [-0.25, -0.2) is 4.79 Å². The van der Waals surface area contributed by atoms with Crippen LogP contribution in [0, 0.1) is 0 Å². The number of carbonyl (C=O) groups excluding carboxylic acids is 1. The molecule has 0 aliphatic carbocycles. The van der Waals surface area contributed by atoms with Gasteiger partial charge in [-0.15, -0.1) is 0 Å². The summed E-state index contributed by atoms with van der Waals surface area (Å²) in [5, 5.41) is 10.5. The van der Waals surface area contributed by atoms with Gasteiger partial charge in [-0.05, 0) is 12.1 Å². The summed E-state index contributed by atoms with van der Waals surface area (Å²) in [6.45, 7) is 0. The van der Waals surface area contributed by atoms with Crippen LogP contribution in [0.1, 0.15) is 0 Å². The van der Waals surface area contributed by atoms with Gasteiger partial charge in [-0.1, -0.05) is 12.1 Å². The van der Waals surface area contributed by atoms with Crippen molar-refractivity contribution in [2.45, 2.75) is 4.90 Å². The van der Waals surface area contributed by atoms with E-state index in [4.69, 9.17) is 9.66 Å². The number of aliphatic carboxylic acids is 1. The predicted molar refractivity (Wildman–Crippen MR) is 61.7 cm³/mol. The van der Waals surface area contributed by atoms with E-state index >= 15 is 0 Å². The van der Waals surface area contributed by atoms with E-state index < -0.39 is 26.9 Å². The van der Waals surface area contributed by atoms with Crippen LogP contribution in [0.4, 0.5) is 5.69 Å². The van der Waals surface area contributed by atoms with Crippen molar-refractivity contribution in [3.05, 3.63) is 36.4 Å². The van der Waals surface area contributed by atoms with Gasteiger partial charge in [0.2, 0.25) is 5.91 Å². The zero-order valence-electron chi connectivity index (χ0n) is 8.90. The summed E-state index contributed by atoms with van der Waals surface area (Å²) in [5.74, 6) is -2.14. The van der Waals surface area contributed by atoms with Crippen LogP contribution in [0.5, 0.6) is 0 Å². The topological polar surface area (TPSA) is 121 Å². The molecule has 96 valence electrons. The van der Waals surface area contributed by atoms with Crippen molar-refractivity contribution in [2.24, 2.45) is 0 Å². The van der Waals surface area contributed by atoms with Crippen LogP contribution in [0.3, 0.4) is 0 Å². The highest BCUT2D eigenvalue weighted by Gasteiger charge is 2.15. The molecule has 0 aromatic heterocycles. The number of rotatable bonds is 4. The lowest BCUT2D eigenvalue weighted by atomic mass is 10.3. The Labute approximate surface area is 102 Å². The second-order valence-corrected chi connectivity index (χ2v) is 4.52. The molecule has 0 bridgehead atoms. The van der Waals surface area contributed by atoms with Gasteiger partial charge in [0.15, 0.2) is 0 Å². The second kappa shape index (κ2) is 5.43. The molecule has 0 saturated carbocycles. The lowest BCUT2D eigenvalue weighted by molar-refractivity contribution is -0.131. The number of hydrogen-bond acceptors (Lipinski definition) is 4. The minimum atomic E-state index is -4.47. The molecule has 0 radical (unpaired) electrons. The average molecular weight is 271 g/mol. The molecular formula is C10H9NO6S. The Morgan fingerprint density at radius 3 is 2.33 bits per heavy atom. The number of carboxylic acids is 1. The Kier molecular flexibility index (Phi) is 4.18. The number of benzene rings is 1. The van der Waals surface area contributed by atoms with Crippen molar-refractivity contribution in [1.82, 2.24) is 0 Å². The van der Waals surface area contributed by atoms with Crippen LogP contribution in [-0.4, -0.2) is 30.0 Å². The molecule has 8 heteroatoms. The third-order valence-corrected chi connectivity index (χ3v) is 2.71. The number of nitrogens with one attached hydrogen (secondary N) is 1. The first-order chi connectivity index (χ1) is 8.30. The summed E-state index contributed by atoms with van der Waals surface area (Å²) < 4.78 is 30.9. The first-order valence-corrected chi connectivity index (χ1v) is 6.03. The predicted octanol–water partition coefficient (Wildman–Crippen LogP) is 0.513. The first kappa shape index (κ1) is 13.9. The fourth-order valence-corrected chi connectivity index (χ4v) is 1.76. The maximum Gasteiger partial charge on any atom is 0.328 e. The molecule has 0 aliphatic rings. The zero-order chi connectivity index (χ0) is 13.8. The SMILES string of the molecule is O=C(O)C=CC(=O)Nc1ccccc1S(=O)(=O)O. The molecule has 1 aromatic rings. The maximum absolute atomic E-state index is 11.3. The molecule has 1 rings (SSSR count). The Balaban J connectivity index is 2.99. The fraction of sp³-hybridized carbons (Fsp3) is 0. The molecule has 0 fully saturated rings. The van der Waals surface area contributed by atoms with Crippen molar-refractivity contribution in [3.63, 3.8) is 0 Å². The molecule has 3 N–H and O–H groups in total. The van der Waals surface area contributed by atoms with Gasteiger partial charge in [0.25, 0.3) is 10.1 Å². The van der Waals surface area contributed by atoms with Crippen LogP contribution in [-0.2, 0) is 19.7 Å². The van der Waals surface area contributed by atoms with E-state index in [9.17, 15) is 18.0 Å². The van der Waals surface area contributed by atoms with E-state index in [-0.39, 0.29) is 5.69 Å². The van der Waals surface area contributed by atoms with Crippen molar-refractivity contribution in [2.75, 3.05) is 5.32 Å². The molecular weight excluding hydrogens is 262 g/mol. The fourth-order valence-electron chi connectivity index (χ4n) is 1.12. The Morgan fingerprint density at radius 1 is 1.17 bits per heavy atom.